The van der Waals surface area contributed by atoms with Crippen LogP contribution in [0.3, 0.4) is 0 Å². The Kier molecular flexibility index (Phi) is 10.4. The van der Waals surface area contributed by atoms with Gasteiger partial charge in [-0.3, -0.25) is 4.57 Å². The molecular weight excluding hydrogens is 805 g/mol. The molecule has 11 aromatic rings. The second-order valence-electron chi connectivity index (χ2n) is 16.2. The maximum Gasteiger partial charge on any atom is 0.164 e. The van der Waals surface area contributed by atoms with E-state index in [0.29, 0.717) is 23.0 Å². The van der Waals surface area contributed by atoms with Gasteiger partial charge in [-0.15, -0.1) is 0 Å². The highest BCUT2D eigenvalue weighted by atomic mass is 15.1. The Hall–Kier alpha value is -9.05. The molecule has 0 aliphatic carbocycles. The molecule has 0 N–H and O–H groups in total. The summed E-state index contributed by atoms with van der Waals surface area (Å²) in [7, 11) is 0. The molecular formula is C60H40N6. The number of nitriles is 1. The molecule has 2 aromatic heterocycles. The van der Waals surface area contributed by atoms with Gasteiger partial charge >= 0.3 is 0 Å². The fraction of sp³-hybridized carbons (Fsp3) is 0.0167. The molecule has 9 aromatic carbocycles. The lowest BCUT2D eigenvalue weighted by molar-refractivity contribution is 1.00. The summed E-state index contributed by atoms with van der Waals surface area (Å²) < 4.78 is 2.22. The number of rotatable bonds is 9. The lowest BCUT2D eigenvalue weighted by Gasteiger charge is -2.18. The molecule has 0 saturated heterocycles. The summed E-state index contributed by atoms with van der Waals surface area (Å²) in [6, 6.07) is 79.6. The molecule has 0 unspecified atom stereocenters. The number of imidazole rings is 1. The van der Waals surface area contributed by atoms with Gasteiger partial charge in [-0.05, 0) is 111 Å². The molecule has 0 aliphatic heterocycles. The van der Waals surface area contributed by atoms with Crippen LogP contribution in [0.15, 0.2) is 224 Å². The summed E-state index contributed by atoms with van der Waals surface area (Å²) >= 11 is 0. The summed E-state index contributed by atoms with van der Waals surface area (Å²) in [5, 5.41) is 10.2. The smallest absolute Gasteiger partial charge is 0.164 e. The van der Waals surface area contributed by atoms with Crippen LogP contribution < -0.4 is 0 Å². The minimum Gasteiger partial charge on any atom is -0.297 e. The quantitative estimate of drug-likeness (QED) is 0.145. The fourth-order valence-electron chi connectivity index (χ4n) is 8.92. The predicted octanol–water partition coefficient (Wildman–Crippen LogP) is 14.7. The van der Waals surface area contributed by atoms with E-state index in [2.05, 4.69) is 151 Å². The molecule has 0 fully saturated rings. The van der Waals surface area contributed by atoms with Crippen molar-refractivity contribution in [1.82, 2.24) is 24.5 Å². The van der Waals surface area contributed by atoms with E-state index in [1.807, 2.05) is 91.0 Å². The Balaban J connectivity index is 1.05. The summed E-state index contributed by atoms with van der Waals surface area (Å²) in [5.74, 6) is 2.76. The van der Waals surface area contributed by atoms with Crippen LogP contribution in [-0.2, 0) is 0 Å². The zero-order chi connectivity index (χ0) is 44.4. The van der Waals surface area contributed by atoms with Gasteiger partial charge in [-0.25, -0.2) is 19.9 Å². The molecule has 6 nitrogen and oxygen atoms in total. The van der Waals surface area contributed by atoms with Gasteiger partial charge in [0.05, 0.1) is 22.7 Å². The summed E-state index contributed by atoms with van der Waals surface area (Å²) in [5.41, 5.74) is 16.9. The molecule has 310 valence electrons. The van der Waals surface area contributed by atoms with Gasteiger partial charge in [0.25, 0.3) is 0 Å². The van der Waals surface area contributed by atoms with Crippen LogP contribution in [-0.4, -0.2) is 24.5 Å². The van der Waals surface area contributed by atoms with Gasteiger partial charge in [-0.1, -0.05) is 176 Å². The van der Waals surface area contributed by atoms with Gasteiger partial charge in [-0.2, -0.15) is 5.26 Å². The number of aromatic nitrogens is 5. The number of aryl methyl sites for hydroxylation is 1. The Morgan fingerprint density at radius 3 is 1.53 bits per heavy atom. The van der Waals surface area contributed by atoms with Gasteiger partial charge in [0.1, 0.15) is 5.82 Å². The van der Waals surface area contributed by atoms with Crippen molar-refractivity contribution in [2.24, 2.45) is 0 Å². The molecule has 6 heteroatoms. The monoisotopic (exact) mass is 844 g/mol. The highest BCUT2D eigenvalue weighted by Crippen LogP contribution is 2.42. The zero-order valence-electron chi connectivity index (χ0n) is 36.0. The van der Waals surface area contributed by atoms with E-state index in [1.54, 1.807) is 0 Å². The van der Waals surface area contributed by atoms with Crippen molar-refractivity contribution in [1.29, 1.82) is 5.26 Å². The SMILES string of the molecule is Cc1nc2ccccc2n1-c1cccc(-c2cccc(-c3ccc(-c4ccccc4C#N)cc3-c3ccccc3-c3cccc(-c4nc(-c5ccccc5)nc(-c5ccccc5)n4)c3)c2)c1. The van der Waals surface area contributed by atoms with Gasteiger partial charge in [0.15, 0.2) is 17.5 Å². The number of benzene rings is 9. The minimum absolute atomic E-state index is 0.593. The molecule has 66 heavy (non-hydrogen) atoms. The first kappa shape index (κ1) is 39.8. The van der Waals surface area contributed by atoms with Crippen LogP contribution in [0.4, 0.5) is 0 Å². The molecule has 0 saturated carbocycles. The Morgan fingerprint density at radius 1 is 0.348 bits per heavy atom. The average molecular weight is 845 g/mol. The lowest BCUT2D eigenvalue weighted by atomic mass is 9.86. The number of hydrogen-bond acceptors (Lipinski definition) is 5. The molecule has 0 aliphatic rings. The van der Waals surface area contributed by atoms with Crippen LogP contribution in [0.2, 0.25) is 0 Å². The molecule has 2 heterocycles. The fourth-order valence-corrected chi connectivity index (χ4v) is 8.92. The maximum absolute atomic E-state index is 10.2. The van der Waals surface area contributed by atoms with Gasteiger partial charge in [0, 0.05) is 22.4 Å². The second-order valence-corrected chi connectivity index (χ2v) is 16.2. The first-order valence-electron chi connectivity index (χ1n) is 21.9. The third kappa shape index (κ3) is 7.61. The largest absolute Gasteiger partial charge is 0.297 e. The Bertz CT molecular complexity index is 3570. The molecule has 0 amide bonds. The molecule has 11 rings (SSSR count). The van der Waals surface area contributed by atoms with E-state index in [-0.39, 0.29) is 0 Å². The highest BCUT2D eigenvalue weighted by Gasteiger charge is 2.18. The lowest BCUT2D eigenvalue weighted by Crippen LogP contribution is -2.00. The van der Waals surface area contributed by atoms with Crippen molar-refractivity contribution in [2.45, 2.75) is 6.92 Å². The predicted molar refractivity (Wildman–Crippen MR) is 267 cm³/mol. The summed E-state index contributed by atoms with van der Waals surface area (Å²) in [4.78, 5) is 19.9. The number of hydrogen-bond donors (Lipinski definition) is 0. The topological polar surface area (TPSA) is 80.3 Å². The van der Waals surface area contributed by atoms with E-state index in [0.717, 1.165) is 94.9 Å². The van der Waals surface area contributed by atoms with Crippen molar-refractivity contribution < 1.29 is 0 Å². The standard InChI is InChI=1S/C60H40N6/c1-40-62-56-31-12-13-32-57(56)66(40)50-27-16-23-44(37-50)43-22-14-24-45(35-43)53-34-33-47(51-28-9-8-21-49(51)39-61)38-55(53)54-30-11-10-29-52(54)46-25-15-26-48(36-46)60-64-58(41-17-4-2-5-18-41)63-59(65-60)42-19-6-3-7-20-42/h2-38H,1H3. The normalized spacial score (nSPS) is 11.1. The average Bonchev–Trinajstić information content (AvgIpc) is 3.74. The van der Waals surface area contributed by atoms with Crippen molar-refractivity contribution in [3.8, 4) is 102 Å². The van der Waals surface area contributed by atoms with Crippen LogP contribution in [0.5, 0.6) is 0 Å². The van der Waals surface area contributed by atoms with Gasteiger partial charge < -0.3 is 0 Å². The van der Waals surface area contributed by atoms with E-state index in [4.69, 9.17) is 19.9 Å². The summed E-state index contributed by atoms with van der Waals surface area (Å²) in [6.07, 6.45) is 0. The first-order chi connectivity index (χ1) is 32.6. The Morgan fingerprint density at radius 2 is 0.833 bits per heavy atom. The molecule has 0 spiro atoms. The summed E-state index contributed by atoms with van der Waals surface area (Å²) in [6.45, 7) is 2.05. The van der Waals surface area contributed by atoms with Crippen molar-refractivity contribution in [3.63, 3.8) is 0 Å². The van der Waals surface area contributed by atoms with E-state index >= 15 is 0 Å². The minimum atomic E-state index is 0.593. The highest BCUT2D eigenvalue weighted by molar-refractivity contribution is 5.95. The molecule has 0 atom stereocenters. The van der Waals surface area contributed by atoms with E-state index in [9.17, 15) is 5.26 Å². The third-order valence-corrected chi connectivity index (χ3v) is 12.1. The number of fused-ring (bicyclic) bond motifs is 1. The van der Waals surface area contributed by atoms with Crippen LogP contribution in [0.1, 0.15) is 11.4 Å². The van der Waals surface area contributed by atoms with Crippen LogP contribution in [0, 0.1) is 18.3 Å². The van der Waals surface area contributed by atoms with Crippen molar-refractivity contribution >= 4 is 11.0 Å². The van der Waals surface area contributed by atoms with Crippen LogP contribution in [0.25, 0.3) is 107 Å². The zero-order valence-corrected chi connectivity index (χ0v) is 36.0. The Labute approximate surface area is 383 Å². The van der Waals surface area contributed by atoms with E-state index < -0.39 is 0 Å². The molecule has 0 radical (unpaired) electrons. The first-order valence-corrected chi connectivity index (χ1v) is 21.9. The van der Waals surface area contributed by atoms with Gasteiger partial charge in [0.2, 0.25) is 0 Å². The second kappa shape index (κ2) is 17.3. The number of para-hydroxylation sites is 2. The van der Waals surface area contributed by atoms with Crippen molar-refractivity contribution in [2.75, 3.05) is 0 Å². The van der Waals surface area contributed by atoms with Crippen molar-refractivity contribution in [3.05, 3.63) is 236 Å². The van der Waals surface area contributed by atoms with Crippen LogP contribution >= 0.6 is 0 Å². The molecule has 0 bridgehead atoms. The van der Waals surface area contributed by atoms with E-state index in [1.165, 1.54) is 0 Å². The third-order valence-electron chi connectivity index (χ3n) is 12.1. The maximum atomic E-state index is 10.2. The number of nitrogens with zero attached hydrogens (tertiary/aromatic N) is 6.